The lowest BCUT2D eigenvalue weighted by molar-refractivity contribution is 0.0930. The highest BCUT2D eigenvalue weighted by Gasteiger charge is 2.34. The molecule has 1 fully saturated rings. The molecule has 0 aromatic carbocycles. The van der Waals surface area contributed by atoms with Gasteiger partial charge in [-0.2, -0.15) is 5.10 Å². The molecule has 1 saturated carbocycles. The summed E-state index contributed by atoms with van der Waals surface area (Å²) in [4.78, 5) is 16.8. The van der Waals surface area contributed by atoms with E-state index in [1.807, 2.05) is 23.7 Å². The van der Waals surface area contributed by atoms with Gasteiger partial charge in [0.1, 0.15) is 0 Å². The van der Waals surface area contributed by atoms with Crippen LogP contribution in [0.15, 0.2) is 30.7 Å². The smallest absolute Gasteiger partial charge is 0.255 e. The topological polar surface area (TPSA) is 59.8 Å². The van der Waals surface area contributed by atoms with Gasteiger partial charge in [-0.15, -0.1) is 0 Å². The second-order valence-corrected chi connectivity index (χ2v) is 7.30. The summed E-state index contributed by atoms with van der Waals surface area (Å²) < 4.78 is 1.90. The zero-order valence-corrected chi connectivity index (χ0v) is 14.2. The number of rotatable bonds is 4. The zero-order valence-electron chi connectivity index (χ0n) is 14.2. The van der Waals surface area contributed by atoms with Crippen molar-refractivity contribution in [3.8, 4) is 0 Å². The van der Waals surface area contributed by atoms with E-state index in [1.54, 1.807) is 18.6 Å². The fourth-order valence-electron chi connectivity index (χ4n) is 3.00. The highest BCUT2D eigenvalue weighted by atomic mass is 16.1. The first kappa shape index (κ1) is 15.7. The van der Waals surface area contributed by atoms with Gasteiger partial charge < -0.3 is 5.32 Å². The van der Waals surface area contributed by atoms with E-state index in [2.05, 4.69) is 36.2 Å². The molecule has 0 bridgehead atoms. The van der Waals surface area contributed by atoms with Crippen LogP contribution in [0.5, 0.6) is 0 Å². The Kier molecular flexibility index (Phi) is 3.96. The van der Waals surface area contributed by atoms with Crippen molar-refractivity contribution in [1.82, 2.24) is 20.1 Å². The normalized spacial score (nSPS) is 16.2. The molecule has 1 atom stereocenters. The fourth-order valence-corrected chi connectivity index (χ4v) is 3.00. The van der Waals surface area contributed by atoms with E-state index in [0.717, 1.165) is 24.1 Å². The van der Waals surface area contributed by atoms with Gasteiger partial charge in [-0.25, -0.2) is 0 Å². The molecule has 0 spiro atoms. The van der Waals surface area contributed by atoms with Gasteiger partial charge in [0.05, 0.1) is 23.3 Å². The molecule has 1 N–H and O–H groups in total. The van der Waals surface area contributed by atoms with Crippen LogP contribution in [0, 0.1) is 12.8 Å². The lowest BCUT2D eigenvalue weighted by Gasteiger charge is -2.22. The van der Waals surface area contributed by atoms with Gasteiger partial charge in [-0.1, -0.05) is 0 Å². The molecule has 2 aromatic rings. The Morgan fingerprint density at radius 1 is 1.30 bits per heavy atom. The van der Waals surface area contributed by atoms with E-state index in [0.29, 0.717) is 11.5 Å². The average molecular weight is 312 g/mol. The molecule has 2 aromatic heterocycles. The van der Waals surface area contributed by atoms with E-state index in [1.165, 1.54) is 0 Å². The predicted molar refractivity (Wildman–Crippen MR) is 89.1 cm³/mol. The average Bonchev–Trinajstić information content (AvgIpc) is 3.26. The van der Waals surface area contributed by atoms with Crippen LogP contribution >= 0.6 is 0 Å². The summed E-state index contributed by atoms with van der Waals surface area (Å²) in [5.41, 5.74) is 2.54. The Labute approximate surface area is 137 Å². The van der Waals surface area contributed by atoms with Crippen LogP contribution in [0.2, 0.25) is 0 Å². The van der Waals surface area contributed by atoms with E-state index < -0.39 is 0 Å². The lowest BCUT2D eigenvalue weighted by Crippen LogP contribution is -2.31. The van der Waals surface area contributed by atoms with Gasteiger partial charge in [-0.3, -0.25) is 14.5 Å². The summed E-state index contributed by atoms with van der Waals surface area (Å²) in [7, 11) is 0. The van der Waals surface area contributed by atoms with Crippen molar-refractivity contribution in [2.24, 2.45) is 5.92 Å². The van der Waals surface area contributed by atoms with Crippen molar-refractivity contribution in [1.29, 1.82) is 0 Å². The van der Waals surface area contributed by atoms with E-state index in [4.69, 9.17) is 0 Å². The Bertz CT molecular complexity index is 696. The molecule has 1 aliphatic rings. The Balaban J connectivity index is 1.82. The van der Waals surface area contributed by atoms with Crippen LogP contribution in [0.1, 0.15) is 61.3 Å². The molecule has 5 nitrogen and oxygen atoms in total. The molecular weight excluding hydrogens is 288 g/mol. The van der Waals surface area contributed by atoms with Crippen molar-refractivity contribution >= 4 is 5.91 Å². The summed E-state index contributed by atoms with van der Waals surface area (Å²) in [6, 6.07) is 4.02. The highest BCUT2D eigenvalue weighted by molar-refractivity contribution is 5.95. The van der Waals surface area contributed by atoms with Gasteiger partial charge in [0, 0.05) is 18.1 Å². The maximum atomic E-state index is 12.7. The molecule has 23 heavy (non-hydrogen) atoms. The molecule has 0 saturated heterocycles. The van der Waals surface area contributed by atoms with E-state index in [9.17, 15) is 4.79 Å². The summed E-state index contributed by atoms with van der Waals surface area (Å²) in [6.07, 6.45) is 7.55. The van der Waals surface area contributed by atoms with Crippen molar-refractivity contribution in [2.45, 2.75) is 52.1 Å². The first-order valence-electron chi connectivity index (χ1n) is 8.14. The summed E-state index contributed by atoms with van der Waals surface area (Å²) >= 11 is 0. The minimum absolute atomic E-state index is 0.0493. The van der Waals surface area contributed by atoms with Gasteiger partial charge in [0.15, 0.2) is 0 Å². The maximum Gasteiger partial charge on any atom is 0.255 e. The molecule has 1 unspecified atom stereocenters. The van der Waals surface area contributed by atoms with E-state index in [-0.39, 0.29) is 17.5 Å². The summed E-state index contributed by atoms with van der Waals surface area (Å²) in [5.74, 6) is 0.478. The van der Waals surface area contributed by atoms with Crippen LogP contribution < -0.4 is 5.32 Å². The van der Waals surface area contributed by atoms with Crippen molar-refractivity contribution in [3.63, 3.8) is 0 Å². The fraction of sp³-hybridized carbons (Fsp3) is 0.500. The number of amides is 1. The first-order valence-corrected chi connectivity index (χ1v) is 8.14. The molecule has 122 valence electrons. The third-order valence-corrected chi connectivity index (χ3v) is 4.34. The molecule has 1 aliphatic carbocycles. The standard InChI is InChI=1S/C18H24N4O/c1-12-15(11-20-22(12)18(2,3)4)17(23)21-16(13-5-6-13)14-7-9-19-10-8-14/h7-11,13,16H,5-6H2,1-4H3,(H,21,23). The number of aromatic nitrogens is 3. The SMILES string of the molecule is Cc1c(C(=O)NC(c2ccncc2)C2CC2)cnn1C(C)(C)C. The van der Waals surface area contributed by atoms with Crippen LogP contribution in [-0.4, -0.2) is 20.7 Å². The molecule has 5 heteroatoms. The van der Waals surface area contributed by atoms with Crippen LogP contribution in [-0.2, 0) is 5.54 Å². The molecule has 3 rings (SSSR count). The third kappa shape index (κ3) is 3.28. The number of nitrogens with zero attached hydrogens (tertiary/aromatic N) is 3. The van der Waals surface area contributed by atoms with Gasteiger partial charge in [0.2, 0.25) is 0 Å². The van der Waals surface area contributed by atoms with Crippen molar-refractivity contribution in [2.75, 3.05) is 0 Å². The zero-order chi connectivity index (χ0) is 16.6. The second kappa shape index (κ2) is 5.80. The maximum absolute atomic E-state index is 12.7. The third-order valence-electron chi connectivity index (χ3n) is 4.34. The second-order valence-electron chi connectivity index (χ2n) is 7.30. The largest absolute Gasteiger partial charge is 0.345 e. The van der Waals surface area contributed by atoms with Gasteiger partial charge in [-0.05, 0) is 64.2 Å². The number of nitrogens with one attached hydrogen (secondary N) is 1. The van der Waals surface area contributed by atoms with Crippen LogP contribution in [0.3, 0.4) is 0 Å². The van der Waals surface area contributed by atoms with Gasteiger partial charge in [0.25, 0.3) is 5.91 Å². The number of hydrogen-bond donors (Lipinski definition) is 1. The first-order chi connectivity index (χ1) is 10.9. The van der Waals surface area contributed by atoms with Crippen LogP contribution in [0.25, 0.3) is 0 Å². The lowest BCUT2D eigenvalue weighted by atomic mass is 10.0. The molecule has 2 heterocycles. The molecular formula is C18H24N4O. The predicted octanol–water partition coefficient (Wildman–Crippen LogP) is 3.22. The highest BCUT2D eigenvalue weighted by Crippen LogP contribution is 2.41. The number of hydrogen-bond acceptors (Lipinski definition) is 3. The molecule has 1 amide bonds. The van der Waals surface area contributed by atoms with E-state index >= 15 is 0 Å². The number of pyridine rings is 1. The van der Waals surface area contributed by atoms with Crippen LogP contribution in [0.4, 0.5) is 0 Å². The molecule has 0 aliphatic heterocycles. The monoisotopic (exact) mass is 312 g/mol. The number of carbonyl (C=O) groups excluding carboxylic acids is 1. The number of carbonyl (C=O) groups is 1. The quantitative estimate of drug-likeness (QED) is 0.943. The minimum Gasteiger partial charge on any atom is -0.345 e. The van der Waals surface area contributed by atoms with Gasteiger partial charge >= 0.3 is 0 Å². The molecule has 0 radical (unpaired) electrons. The van der Waals surface area contributed by atoms with Crippen molar-refractivity contribution < 1.29 is 4.79 Å². The summed E-state index contributed by atoms with van der Waals surface area (Å²) in [6.45, 7) is 8.20. The Hall–Kier alpha value is -2.17. The van der Waals surface area contributed by atoms with Crippen molar-refractivity contribution in [3.05, 3.63) is 47.5 Å². The Morgan fingerprint density at radius 2 is 1.96 bits per heavy atom. The minimum atomic E-state index is -0.135. The summed E-state index contributed by atoms with van der Waals surface area (Å²) in [5, 5.41) is 7.59. The Morgan fingerprint density at radius 3 is 2.48 bits per heavy atom.